The number of carbonyl (C=O) groups is 1. The van der Waals surface area contributed by atoms with Gasteiger partial charge in [0.15, 0.2) is 0 Å². The summed E-state index contributed by atoms with van der Waals surface area (Å²) in [5.74, 6) is 0.307. The molecule has 1 rings (SSSR count). The maximum Gasteiger partial charge on any atom is 0.136 e. The monoisotopic (exact) mass is 171 g/mol. The van der Waals surface area contributed by atoms with Crippen LogP contribution in [0.4, 0.5) is 0 Å². The van der Waals surface area contributed by atoms with Crippen molar-refractivity contribution in [3.63, 3.8) is 0 Å². The molecule has 1 aliphatic heterocycles. The third-order valence-corrected chi connectivity index (χ3v) is 1.97. The Balaban J connectivity index is 2.52. The maximum atomic E-state index is 11.0. The van der Waals surface area contributed by atoms with E-state index in [9.17, 15) is 4.79 Å². The Hall–Kier alpha value is -0.410. The van der Waals surface area contributed by atoms with Gasteiger partial charge in [0, 0.05) is 24.9 Å². The van der Waals surface area contributed by atoms with Gasteiger partial charge < -0.3 is 0 Å². The summed E-state index contributed by atoms with van der Waals surface area (Å²) in [7, 11) is 0. The second-order valence-electron chi connectivity index (χ2n) is 4.14. The Labute approximate surface area is 73.6 Å². The molecule has 0 unspecified atom stereocenters. The third kappa shape index (κ3) is 2.57. The molecule has 0 aromatic carbocycles. The summed E-state index contributed by atoms with van der Waals surface area (Å²) >= 11 is 0. The number of hydrogen-bond donors (Lipinski definition) is 0. The number of ketones is 1. The number of rotatable bonds is 0. The van der Waals surface area contributed by atoms with Crippen LogP contribution in [0.15, 0.2) is 0 Å². The summed E-state index contributed by atoms with van der Waals surface area (Å²) in [6.45, 7) is 7.52. The van der Waals surface area contributed by atoms with Gasteiger partial charge in [0.25, 0.3) is 0 Å². The van der Waals surface area contributed by atoms with E-state index in [1.54, 1.807) is 0 Å². The molecule has 0 atom stereocenters. The first kappa shape index (κ1) is 9.68. The van der Waals surface area contributed by atoms with E-state index in [1.807, 2.05) is 5.06 Å². The molecular formula is C9H17NO2. The van der Waals surface area contributed by atoms with E-state index in [4.69, 9.17) is 4.84 Å². The van der Waals surface area contributed by atoms with Gasteiger partial charge in [-0.1, -0.05) is 0 Å². The van der Waals surface area contributed by atoms with Crippen LogP contribution in [-0.4, -0.2) is 29.5 Å². The van der Waals surface area contributed by atoms with Gasteiger partial charge in [-0.15, -0.1) is 0 Å². The number of nitrogens with zero attached hydrogens (tertiary/aromatic N) is 1. The number of hydrogen-bond acceptors (Lipinski definition) is 3. The van der Waals surface area contributed by atoms with Crippen LogP contribution in [0.3, 0.4) is 0 Å². The molecule has 1 aliphatic rings. The Morgan fingerprint density at radius 3 is 2.58 bits per heavy atom. The molecule has 70 valence electrons. The Bertz CT molecular complexity index is 172. The molecular weight excluding hydrogens is 154 g/mol. The molecule has 0 bridgehead atoms. The summed E-state index contributed by atoms with van der Waals surface area (Å²) in [5, 5.41) is 1.90. The number of hydroxylamine groups is 2. The molecule has 12 heavy (non-hydrogen) atoms. The van der Waals surface area contributed by atoms with Gasteiger partial charge in [0.1, 0.15) is 5.78 Å². The molecule has 1 saturated heterocycles. The average molecular weight is 171 g/mol. The van der Waals surface area contributed by atoms with Crippen LogP contribution in [0, 0.1) is 0 Å². The fraction of sp³-hybridized carbons (Fsp3) is 0.889. The van der Waals surface area contributed by atoms with Gasteiger partial charge >= 0.3 is 0 Å². The fourth-order valence-electron chi connectivity index (χ4n) is 1.21. The van der Waals surface area contributed by atoms with Gasteiger partial charge in [0.2, 0.25) is 0 Å². The minimum Gasteiger partial charge on any atom is -0.300 e. The Morgan fingerprint density at radius 2 is 2.00 bits per heavy atom. The highest BCUT2D eigenvalue weighted by molar-refractivity contribution is 5.78. The molecule has 0 aromatic heterocycles. The SMILES string of the molecule is CC(C)(C)N1CCC(=O)CCO1. The quantitative estimate of drug-likeness (QED) is 0.551. The zero-order valence-corrected chi connectivity index (χ0v) is 8.09. The first-order valence-corrected chi connectivity index (χ1v) is 4.42. The van der Waals surface area contributed by atoms with Crippen LogP contribution in [-0.2, 0) is 9.63 Å². The first-order chi connectivity index (χ1) is 5.50. The fourth-order valence-corrected chi connectivity index (χ4v) is 1.21. The lowest BCUT2D eigenvalue weighted by Gasteiger charge is -2.32. The lowest BCUT2D eigenvalue weighted by molar-refractivity contribution is -0.203. The van der Waals surface area contributed by atoms with Crippen molar-refractivity contribution in [1.29, 1.82) is 0 Å². The molecule has 0 spiro atoms. The molecule has 3 heteroatoms. The maximum absolute atomic E-state index is 11.0. The molecule has 0 saturated carbocycles. The Kier molecular flexibility index (Phi) is 2.85. The molecule has 0 radical (unpaired) electrons. The molecule has 3 nitrogen and oxygen atoms in total. The van der Waals surface area contributed by atoms with E-state index >= 15 is 0 Å². The smallest absolute Gasteiger partial charge is 0.136 e. The molecule has 0 N–H and O–H groups in total. The molecule has 0 aromatic rings. The largest absolute Gasteiger partial charge is 0.300 e. The lowest BCUT2D eigenvalue weighted by Crippen LogP contribution is -2.41. The third-order valence-electron chi connectivity index (χ3n) is 1.97. The molecule has 1 heterocycles. The zero-order chi connectivity index (χ0) is 9.19. The van der Waals surface area contributed by atoms with Crippen LogP contribution in [0.1, 0.15) is 33.6 Å². The van der Waals surface area contributed by atoms with Crippen molar-refractivity contribution in [2.45, 2.75) is 39.2 Å². The first-order valence-electron chi connectivity index (χ1n) is 4.42. The summed E-state index contributed by atoms with van der Waals surface area (Å²) in [6.07, 6.45) is 1.18. The van der Waals surface area contributed by atoms with Crippen LogP contribution >= 0.6 is 0 Å². The number of Topliss-reactive ketones (excluding diaryl/α,β-unsaturated/α-hetero) is 1. The summed E-state index contributed by atoms with van der Waals surface area (Å²) in [6, 6.07) is 0. The van der Waals surface area contributed by atoms with Crippen molar-refractivity contribution in [2.24, 2.45) is 0 Å². The van der Waals surface area contributed by atoms with E-state index in [2.05, 4.69) is 20.8 Å². The van der Waals surface area contributed by atoms with Gasteiger partial charge in [-0.2, -0.15) is 5.06 Å². The minimum atomic E-state index is 0.00458. The minimum absolute atomic E-state index is 0.00458. The van der Waals surface area contributed by atoms with Crippen LogP contribution in [0.2, 0.25) is 0 Å². The van der Waals surface area contributed by atoms with Crippen molar-refractivity contribution >= 4 is 5.78 Å². The summed E-state index contributed by atoms with van der Waals surface area (Å²) in [5.41, 5.74) is 0.00458. The average Bonchev–Trinajstić information content (AvgIpc) is 2.11. The highest BCUT2D eigenvalue weighted by atomic mass is 16.7. The van der Waals surface area contributed by atoms with Crippen molar-refractivity contribution in [3.8, 4) is 0 Å². The molecule has 1 fully saturated rings. The van der Waals surface area contributed by atoms with Gasteiger partial charge in [0.05, 0.1) is 6.61 Å². The standard InChI is InChI=1S/C9H17NO2/c1-9(2,3)10-6-4-8(11)5-7-12-10/h4-7H2,1-3H3. The van der Waals surface area contributed by atoms with E-state index in [0.717, 1.165) is 6.54 Å². The van der Waals surface area contributed by atoms with Crippen molar-refractivity contribution in [1.82, 2.24) is 5.06 Å². The highest BCUT2D eigenvalue weighted by Gasteiger charge is 2.25. The van der Waals surface area contributed by atoms with Gasteiger partial charge in [-0.3, -0.25) is 9.63 Å². The predicted octanol–water partition coefficient (Wildman–Crippen LogP) is 1.38. The van der Waals surface area contributed by atoms with E-state index in [0.29, 0.717) is 25.2 Å². The van der Waals surface area contributed by atoms with Crippen molar-refractivity contribution < 1.29 is 9.63 Å². The van der Waals surface area contributed by atoms with E-state index in [-0.39, 0.29) is 5.54 Å². The van der Waals surface area contributed by atoms with Crippen LogP contribution in [0.25, 0.3) is 0 Å². The van der Waals surface area contributed by atoms with Gasteiger partial charge in [-0.25, -0.2) is 0 Å². The highest BCUT2D eigenvalue weighted by Crippen LogP contribution is 2.16. The predicted molar refractivity (Wildman–Crippen MR) is 46.7 cm³/mol. The second-order valence-corrected chi connectivity index (χ2v) is 4.14. The van der Waals surface area contributed by atoms with Crippen LogP contribution in [0.5, 0.6) is 0 Å². The van der Waals surface area contributed by atoms with Crippen molar-refractivity contribution in [3.05, 3.63) is 0 Å². The normalized spacial score (nSPS) is 22.4. The van der Waals surface area contributed by atoms with E-state index < -0.39 is 0 Å². The van der Waals surface area contributed by atoms with E-state index in [1.165, 1.54) is 0 Å². The lowest BCUT2D eigenvalue weighted by atomic mass is 10.1. The molecule has 0 aliphatic carbocycles. The summed E-state index contributed by atoms with van der Waals surface area (Å²) < 4.78 is 0. The van der Waals surface area contributed by atoms with Crippen molar-refractivity contribution in [2.75, 3.05) is 13.2 Å². The zero-order valence-electron chi connectivity index (χ0n) is 8.09. The van der Waals surface area contributed by atoms with Crippen LogP contribution < -0.4 is 0 Å². The topological polar surface area (TPSA) is 29.5 Å². The van der Waals surface area contributed by atoms with Gasteiger partial charge in [-0.05, 0) is 20.8 Å². The Morgan fingerprint density at radius 1 is 1.33 bits per heavy atom. The molecule has 0 amide bonds. The summed E-state index contributed by atoms with van der Waals surface area (Å²) in [4.78, 5) is 16.5. The second kappa shape index (κ2) is 3.54. The number of carbonyl (C=O) groups excluding carboxylic acids is 1.